The van der Waals surface area contributed by atoms with Crippen LogP contribution in [0.3, 0.4) is 0 Å². The van der Waals surface area contributed by atoms with Gasteiger partial charge < -0.3 is 15.0 Å². The molecule has 0 atom stereocenters. The number of ether oxygens (including phenoxy) is 1. The fourth-order valence-corrected chi connectivity index (χ4v) is 2.77. The van der Waals surface area contributed by atoms with Crippen molar-refractivity contribution in [3.05, 3.63) is 46.4 Å². The highest BCUT2D eigenvalue weighted by Crippen LogP contribution is 2.15. The summed E-state index contributed by atoms with van der Waals surface area (Å²) in [4.78, 5) is 29.7. The summed E-state index contributed by atoms with van der Waals surface area (Å²) in [6.45, 7) is 2.96. The first kappa shape index (κ1) is 17.0. The van der Waals surface area contributed by atoms with Gasteiger partial charge in [-0.05, 0) is 18.6 Å². The number of benzene rings is 1. The minimum absolute atomic E-state index is 0.187. The number of anilines is 1. The highest BCUT2D eigenvalue weighted by atomic mass is 32.1. The molecule has 2 aromatic rings. The summed E-state index contributed by atoms with van der Waals surface area (Å²) in [6.07, 6.45) is 0.831. The molecule has 1 aromatic heterocycles. The molecule has 0 saturated carbocycles. The van der Waals surface area contributed by atoms with Crippen molar-refractivity contribution in [3.8, 4) is 0 Å². The second kappa shape index (κ2) is 8.28. The lowest BCUT2D eigenvalue weighted by Crippen LogP contribution is -2.35. The van der Waals surface area contributed by atoms with Crippen LogP contribution in [0.2, 0.25) is 0 Å². The number of nitrogens with zero attached hydrogens (tertiary/aromatic N) is 2. The van der Waals surface area contributed by atoms with Crippen molar-refractivity contribution in [2.75, 3.05) is 19.0 Å². The fourth-order valence-electron chi connectivity index (χ4n) is 1.99. The van der Waals surface area contributed by atoms with E-state index in [-0.39, 0.29) is 11.7 Å². The molecule has 2 rings (SSSR count). The van der Waals surface area contributed by atoms with Gasteiger partial charge in [-0.3, -0.25) is 0 Å². The number of esters is 1. The SMILES string of the molecule is CCCN(Cc1nc(C(=O)OC)cs1)C(=O)Nc1ccccc1. The Labute approximate surface area is 139 Å². The summed E-state index contributed by atoms with van der Waals surface area (Å²) in [5.41, 5.74) is 1.01. The van der Waals surface area contributed by atoms with Crippen molar-refractivity contribution in [1.82, 2.24) is 9.88 Å². The van der Waals surface area contributed by atoms with Gasteiger partial charge in [-0.15, -0.1) is 11.3 Å². The average Bonchev–Trinajstić information content (AvgIpc) is 3.03. The average molecular weight is 333 g/mol. The van der Waals surface area contributed by atoms with Crippen molar-refractivity contribution in [1.29, 1.82) is 0 Å². The maximum atomic E-state index is 12.4. The third-order valence-electron chi connectivity index (χ3n) is 3.08. The Bertz CT molecular complexity index is 658. The van der Waals surface area contributed by atoms with Crippen molar-refractivity contribution in [3.63, 3.8) is 0 Å². The Morgan fingerprint density at radius 2 is 2.04 bits per heavy atom. The molecule has 1 aromatic carbocycles. The van der Waals surface area contributed by atoms with Gasteiger partial charge in [-0.1, -0.05) is 25.1 Å². The summed E-state index contributed by atoms with van der Waals surface area (Å²) < 4.78 is 4.64. The molecular weight excluding hydrogens is 314 g/mol. The molecule has 0 unspecified atom stereocenters. The molecule has 0 fully saturated rings. The minimum atomic E-state index is -0.469. The van der Waals surface area contributed by atoms with Gasteiger partial charge in [-0.25, -0.2) is 14.6 Å². The highest BCUT2D eigenvalue weighted by Gasteiger charge is 2.17. The van der Waals surface area contributed by atoms with Crippen LogP contribution in [0.4, 0.5) is 10.5 Å². The van der Waals surface area contributed by atoms with E-state index in [1.54, 1.807) is 10.3 Å². The standard InChI is InChI=1S/C16H19N3O3S/c1-3-9-19(16(21)17-12-7-5-4-6-8-12)10-14-18-13(11-23-14)15(20)22-2/h4-8,11H,3,9-10H2,1-2H3,(H,17,21). The Hall–Kier alpha value is -2.41. The number of urea groups is 1. The zero-order chi connectivity index (χ0) is 16.7. The predicted molar refractivity (Wildman–Crippen MR) is 89.6 cm³/mol. The van der Waals surface area contributed by atoms with E-state index in [0.29, 0.717) is 18.1 Å². The Balaban J connectivity index is 2.04. The highest BCUT2D eigenvalue weighted by molar-refractivity contribution is 7.09. The topological polar surface area (TPSA) is 71.5 Å². The first-order valence-electron chi connectivity index (χ1n) is 7.27. The smallest absolute Gasteiger partial charge is 0.357 e. The van der Waals surface area contributed by atoms with Gasteiger partial charge in [0.05, 0.1) is 13.7 Å². The molecule has 1 heterocycles. The monoisotopic (exact) mass is 333 g/mol. The normalized spacial score (nSPS) is 10.2. The first-order chi connectivity index (χ1) is 11.1. The lowest BCUT2D eigenvalue weighted by molar-refractivity contribution is 0.0594. The number of thiazole rings is 1. The number of rotatable bonds is 6. The predicted octanol–water partition coefficient (Wildman–Crippen LogP) is 3.37. The van der Waals surface area contributed by atoms with Crippen LogP contribution in [-0.2, 0) is 11.3 Å². The van der Waals surface area contributed by atoms with Crippen LogP contribution in [0, 0.1) is 0 Å². The molecule has 0 bridgehead atoms. The van der Waals surface area contributed by atoms with E-state index >= 15 is 0 Å². The zero-order valence-electron chi connectivity index (χ0n) is 13.1. The van der Waals surface area contributed by atoms with Crippen molar-refractivity contribution < 1.29 is 14.3 Å². The number of methoxy groups -OCH3 is 1. The number of nitrogens with one attached hydrogen (secondary N) is 1. The van der Waals surface area contributed by atoms with E-state index in [9.17, 15) is 9.59 Å². The third-order valence-corrected chi connectivity index (χ3v) is 3.91. The van der Waals surface area contributed by atoms with Crippen molar-refractivity contribution in [2.24, 2.45) is 0 Å². The van der Waals surface area contributed by atoms with Gasteiger partial charge >= 0.3 is 12.0 Å². The fraction of sp³-hybridized carbons (Fsp3) is 0.312. The molecule has 0 radical (unpaired) electrons. The second-order valence-electron chi connectivity index (χ2n) is 4.84. The van der Waals surface area contributed by atoms with Crippen LogP contribution in [0.15, 0.2) is 35.7 Å². The number of hydrogen-bond donors (Lipinski definition) is 1. The molecule has 1 N–H and O–H groups in total. The summed E-state index contributed by atoms with van der Waals surface area (Å²) in [7, 11) is 1.32. The summed E-state index contributed by atoms with van der Waals surface area (Å²) in [5.74, 6) is -0.469. The Morgan fingerprint density at radius 3 is 2.70 bits per heavy atom. The van der Waals surface area contributed by atoms with E-state index in [1.165, 1.54) is 18.4 Å². The zero-order valence-corrected chi connectivity index (χ0v) is 13.9. The number of aromatic nitrogens is 1. The van der Waals surface area contributed by atoms with Gasteiger partial charge in [0, 0.05) is 17.6 Å². The number of para-hydroxylation sites is 1. The number of hydrogen-bond acceptors (Lipinski definition) is 5. The largest absolute Gasteiger partial charge is 0.464 e. The van der Waals surface area contributed by atoms with Crippen LogP contribution in [0.25, 0.3) is 0 Å². The van der Waals surface area contributed by atoms with Gasteiger partial charge in [0.25, 0.3) is 0 Å². The molecule has 0 aliphatic rings. The van der Waals surface area contributed by atoms with E-state index in [2.05, 4.69) is 15.0 Å². The minimum Gasteiger partial charge on any atom is -0.464 e. The van der Waals surface area contributed by atoms with Crippen LogP contribution >= 0.6 is 11.3 Å². The molecule has 122 valence electrons. The first-order valence-corrected chi connectivity index (χ1v) is 8.15. The Morgan fingerprint density at radius 1 is 1.30 bits per heavy atom. The van der Waals surface area contributed by atoms with Crippen molar-refractivity contribution in [2.45, 2.75) is 19.9 Å². The molecule has 2 amide bonds. The van der Waals surface area contributed by atoms with Gasteiger partial charge in [0.15, 0.2) is 5.69 Å². The molecule has 6 nitrogen and oxygen atoms in total. The maximum absolute atomic E-state index is 12.4. The van der Waals surface area contributed by atoms with Gasteiger partial charge in [-0.2, -0.15) is 0 Å². The lowest BCUT2D eigenvalue weighted by atomic mass is 10.3. The van der Waals surface area contributed by atoms with Crippen LogP contribution < -0.4 is 5.32 Å². The van der Waals surface area contributed by atoms with Crippen LogP contribution in [0.1, 0.15) is 28.8 Å². The maximum Gasteiger partial charge on any atom is 0.357 e. The van der Waals surface area contributed by atoms with Crippen molar-refractivity contribution >= 4 is 29.0 Å². The van der Waals surface area contributed by atoms with Crippen LogP contribution in [-0.4, -0.2) is 35.5 Å². The quantitative estimate of drug-likeness (QED) is 0.823. The van der Waals surface area contributed by atoms with E-state index in [1.807, 2.05) is 37.3 Å². The van der Waals surface area contributed by atoms with Gasteiger partial charge in [0.2, 0.25) is 0 Å². The summed E-state index contributed by atoms with van der Waals surface area (Å²) in [5, 5.41) is 5.20. The lowest BCUT2D eigenvalue weighted by Gasteiger charge is -2.21. The second-order valence-corrected chi connectivity index (χ2v) is 5.78. The number of amides is 2. The van der Waals surface area contributed by atoms with Crippen LogP contribution in [0.5, 0.6) is 0 Å². The third kappa shape index (κ3) is 4.79. The molecular formula is C16H19N3O3S. The Kier molecular flexibility index (Phi) is 6.10. The number of carbonyl (C=O) groups is 2. The molecule has 7 heteroatoms. The summed E-state index contributed by atoms with van der Waals surface area (Å²) in [6, 6.07) is 9.10. The molecule has 0 aliphatic heterocycles. The van der Waals surface area contributed by atoms with E-state index in [0.717, 1.165) is 12.1 Å². The molecule has 0 spiro atoms. The van der Waals surface area contributed by atoms with Gasteiger partial charge in [0.1, 0.15) is 5.01 Å². The molecule has 0 saturated heterocycles. The summed E-state index contributed by atoms with van der Waals surface area (Å²) >= 11 is 1.34. The molecule has 23 heavy (non-hydrogen) atoms. The number of carbonyl (C=O) groups excluding carboxylic acids is 2. The molecule has 0 aliphatic carbocycles. The van der Waals surface area contributed by atoms with E-state index < -0.39 is 5.97 Å². The van der Waals surface area contributed by atoms with E-state index in [4.69, 9.17) is 0 Å².